The predicted octanol–water partition coefficient (Wildman–Crippen LogP) is 5.57. The molecule has 0 atom stereocenters. The zero-order valence-corrected chi connectivity index (χ0v) is 17.7. The maximum absolute atomic E-state index is 12.6. The minimum atomic E-state index is 0.0363. The van der Waals surface area contributed by atoms with Crippen molar-refractivity contribution in [3.8, 4) is 22.8 Å². The third-order valence-electron chi connectivity index (χ3n) is 4.47. The lowest BCUT2D eigenvalue weighted by atomic mass is 10.2. The maximum Gasteiger partial charge on any atom is 0.196 e. The Bertz CT molecular complexity index is 1160. The first-order chi connectivity index (χ1) is 14.7. The van der Waals surface area contributed by atoms with Crippen LogP contribution in [0.1, 0.15) is 10.4 Å². The molecule has 0 aliphatic rings. The van der Waals surface area contributed by atoms with E-state index >= 15 is 0 Å². The Balaban J connectivity index is 1.70. The average molecular weight is 436 g/mol. The van der Waals surface area contributed by atoms with Crippen molar-refractivity contribution in [1.29, 1.82) is 0 Å². The molecular formula is C23H18ClN3O2S. The molecule has 0 saturated carbocycles. The van der Waals surface area contributed by atoms with E-state index in [-0.39, 0.29) is 11.5 Å². The highest BCUT2D eigenvalue weighted by molar-refractivity contribution is 7.99. The number of ether oxygens (including phenoxy) is 1. The molecule has 1 aromatic heterocycles. The van der Waals surface area contributed by atoms with Crippen LogP contribution in [-0.2, 0) is 0 Å². The van der Waals surface area contributed by atoms with Gasteiger partial charge >= 0.3 is 0 Å². The minimum Gasteiger partial charge on any atom is -0.497 e. The summed E-state index contributed by atoms with van der Waals surface area (Å²) in [6, 6.07) is 24.3. The van der Waals surface area contributed by atoms with Gasteiger partial charge in [-0.05, 0) is 36.4 Å². The van der Waals surface area contributed by atoms with Crippen LogP contribution in [0.4, 0.5) is 0 Å². The first-order valence-electron chi connectivity index (χ1n) is 9.22. The minimum absolute atomic E-state index is 0.0363. The molecule has 0 spiro atoms. The number of methoxy groups -OCH3 is 1. The lowest BCUT2D eigenvalue weighted by Gasteiger charge is -2.11. The predicted molar refractivity (Wildman–Crippen MR) is 120 cm³/mol. The molecule has 7 heteroatoms. The van der Waals surface area contributed by atoms with Gasteiger partial charge in [-0.15, -0.1) is 10.2 Å². The normalized spacial score (nSPS) is 10.7. The average Bonchev–Trinajstić information content (AvgIpc) is 3.22. The number of ketones is 1. The second kappa shape index (κ2) is 9.15. The Morgan fingerprint density at radius 1 is 1.00 bits per heavy atom. The fourth-order valence-electron chi connectivity index (χ4n) is 2.97. The standard InChI is InChI=1S/C23H18ClN3O2S/c1-29-20-9-5-8-17(14-20)22-25-26-23(27(22)19-12-10-18(24)11-13-19)30-15-21(28)16-6-3-2-4-7-16/h2-14H,15H2,1H3. The molecule has 4 rings (SSSR count). The lowest BCUT2D eigenvalue weighted by molar-refractivity contribution is 0.102. The van der Waals surface area contributed by atoms with Crippen molar-refractivity contribution < 1.29 is 9.53 Å². The number of halogens is 1. The number of aromatic nitrogens is 3. The topological polar surface area (TPSA) is 57.0 Å². The summed E-state index contributed by atoms with van der Waals surface area (Å²) in [4.78, 5) is 12.6. The molecular weight excluding hydrogens is 418 g/mol. The molecule has 5 nitrogen and oxygen atoms in total. The van der Waals surface area contributed by atoms with E-state index in [4.69, 9.17) is 16.3 Å². The number of carbonyl (C=O) groups excluding carboxylic acids is 1. The number of Topliss-reactive ketones (excluding diaryl/α,β-unsaturated/α-hetero) is 1. The van der Waals surface area contributed by atoms with Crippen LogP contribution in [0.2, 0.25) is 5.02 Å². The Labute approximate surface area is 183 Å². The van der Waals surface area contributed by atoms with E-state index in [9.17, 15) is 4.79 Å². The van der Waals surface area contributed by atoms with Gasteiger partial charge in [0, 0.05) is 21.8 Å². The van der Waals surface area contributed by atoms with Crippen LogP contribution in [0.5, 0.6) is 5.75 Å². The van der Waals surface area contributed by atoms with Gasteiger partial charge in [-0.25, -0.2) is 0 Å². The second-order valence-electron chi connectivity index (χ2n) is 6.43. The zero-order valence-electron chi connectivity index (χ0n) is 16.2. The van der Waals surface area contributed by atoms with Gasteiger partial charge in [0.05, 0.1) is 12.9 Å². The van der Waals surface area contributed by atoms with Crippen LogP contribution in [-0.4, -0.2) is 33.4 Å². The van der Waals surface area contributed by atoms with E-state index in [1.54, 1.807) is 7.11 Å². The van der Waals surface area contributed by atoms with E-state index < -0.39 is 0 Å². The number of thioether (sulfide) groups is 1. The van der Waals surface area contributed by atoms with Gasteiger partial charge in [0.25, 0.3) is 0 Å². The van der Waals surface area contributed by atoms with Crippen LogP contribution in [0.15, 0.2) is 84.0 Å². The molecule has 0 N–H and O–H groups in total. The van der Waals surface area contributed by atoms with Crippen molar-refractivity contribution in [3.05, 3.63) is 89.4 Å². The third-order valence-corrected chi connectivity index (χ3v) is 5.66. The number of carbonyl (C=O) groups is 1. The second-order valence-corrected chi connectivity index (χ2v) is 7.81. The van der Waals surface area contributed by atoms with Crippen molar-refractivity contribution in [2.24, 2.45) is 0 Å². The monoisotopic (exact) mass is 435 g/mol. The molecule has 150 valence electrons. The maximum atomic E-state index is 12.6. The van der Waals surface area contributed by atoms with Crippen molar-refractivity contribution in [1.82, 2.24) is 14.8 Å². The van der Waals surface area contributed by atoms with Crippen LogP contribution >= 0.6 is 23.4 Å². The van der Waals surface area contributed by atoms with E-state index in [1.165, 1.54) is 11.8 Å². The zero-order chi connectivity index (χ0) is 20.9. The summed E-state index contributed by atoms with van der Waals surface area (Å²) in [6.45, 7) is 0. The van der Waals surface area contributed by atoms with Crippen LogP contribution in [0.25, 0.3) is 17.1 Å². The highest BCUT2D eigenvalue weighted by Crippen LogP contribution is 2.30. The first-order valence-corrected chi connectivity index (χ1v) is 10.6. The fraction of sp³-hybridized carbons (Fsp3) is 0.0870. The van der Waals surface area contributed by atoms with Gasteiger partial charge in [0.2, 0.25) is 0 Å². The van der Waals surface area contributed by atoms with Crippen LogP contribution in [0, 0.1) is 0 Å². The smallest absolute Gasteiger partial charge is 0.196 e. The summed E-state index contributed by atoms with van der Waals surface area (Å²) in [5, 5.41) is 10.0. The largest absolute Gasteiger partial charge is 0.497 e. The van der Waals surface area contributed by atoms with E-state index in [0.717, 1.165) is 17.0 Å². The van der Waals surface area contributed by atoms with Gasteiger partial charge in [-0.2, -0.15) is 0 Å². The summed E-state index contributed by atoms with van der Waals surface area (Å²) in [7, 11) is 1.62. The SMILES string of the molecule is COc1cccc(-c2nnc(SCC(=O)c3ccccc3)n2-c2ccc(Cl)cc2)c1. The summed E-state index contributed by atoms with van der Waals surface area (Å²) < 4.78 is 7.27. The van der Waals surface area contributed by atoms with E-state index in [2.05, 4.69) is 10.2 Å². The number of hydrogen-bond acceptors (Lipinski definition) is 5. The first kappa shape index (κ1) is 20.2. The lowest BCUT2D eigenvalue weighted by Crippen LogP contribution is -2.05. The summed E-state index contributed by atoms with van der Waals surface area (Å²) in [5.74, 6) is 1.68. The van der Waals surface area contributed by atoms with Gasteiger partial charge in [-0.3, -0.25) is 9.36 Å². The Kier molecular flexibility index (Phi) is 6.16. The molecule has 30 heavy (non-hydrogen) atoms. The van der Waals surface area contributed by atoms with Gasteiger partial charge in [0.1, 0.15) is 5.75 Å². The number of rotatable bonds is 7. The highest BCUT2D eigenvalue weighted by Gasteiger charge is 2.18. The quantitative estimate of drug-likeness (QED) is 0.280. The van der Waals surface area contributed by atoms with Gasteiger partial charge in [0.15, 0.2) is 16.8 Å². The Hall–Kier alpha value is -3.09. The molecule has 0 bridgehead atoms. The Morgan fingerprint density at radius 3 is 2.50 bits per heavy atom. The number of nitrogens with zero attached hydrogens (tertiary/aromatic N) is 3. The molecule has 1 heterocycles. The van der Waals surface area contributed by atoms with Crippen LogP contribution in [0.3, 0.4) is 0 Å². The van der Waals surface area contributed by atoms with Crippen molar-refractivity contribution in [2.45, 2.75) is 5.16 Å². The summed E-state index contributed by atoms with van der Waals surface area (Å²) in [5.41, 5.74) is 2.39. The summed E-state index contributed by atoms with van der Waals surface area (Å²) >= 11 is 7.42. The van der Waals surface area contributed by atoms with Crippen molar-refractivity contribution in [3.63, 3.8) is 0 Å². The van der Waals surface area contributed by atoms with Gasteiger partial charge in [-0.1, -0.05) is 65.8 Å². The molecule has 0 amide bonds. The Morgan fingerprint density at radius 2 is 1.77 bits per heavy atom. The van der Waals surface area contributed by atoms with E-state index in [1.807, 2.05) is 83.4 Å². The van der Waals surface area contributed by atoms with Crippen LogP contribution < -0.4 is 4.74 Å². The van der Waals surface area contributed by atoms with Crippen molar-refractivity contribution in [2.75, 3.05) is 12.9 Å². The highest BCUT2D eigenvalue weighted by atomic mass is 35.5. The van der Waals surface area contributed by atoms with Gasteiger partial charge < -0.3 is 4.74 Å². The molecule has 0 fully saturated rings. The molecule has 0 aliphatic carbocycles. The third kappa shape index (κ3) is 4.40. The van der Waals surface area contributed by atoms with E-state index in [0.29, 0.717) is 21.6 Å². The molecule has 0 saturated heterocycles. The summed E-state index contributed by atoms with van der Waals surface area (Å²) in [6.07, 6.45) is 0. The van der Waals surface area contributed by atoms with Crippen molar-refractivity contribution >= 4 is 29.1 Å². The molecule has 3 aromatic carbocycles. The molecule has 0 unspecified atom stereocenters. The molecule has 4 aromatic rings. The molecule has 0 radical (unpaired) electrons. The number of hydrogen-bond donors (Lipinski definition) is 0. The fourth-order valence-corrected chi connectivity index (χ4v) is 3.95. The molecule has 0 aliphatic heterocycles. The number of benzene rings is 3.